The first-order valence-corrected chi connectivity index (χ1v) is 24.7. The molecule has 5 unspecified atom stereocenters. The average molecular weight is 883 g/mol. The number of hydrogen-bond acceptors (Lipinski definition) is 11. The molecule has 0 amide bonds. The van der Waals surface area contributed by atoms with Gasteiger partial charge in [-0.15, -0.1) is 0 Å². The Bertz CT molecular complexity index is 1150. The molecule has 0 aliphatic heterocycles. The van der Waals surface area contributed by atoms with Crippen LogP contribution < -0.4 is 0 Å². The predicted molar refractivity (Wildman–Crippen MR) is 249 cm³/mol. The summed E-state index contributed by atoms with van der Waals surface area (Å²) in [5.74, 6) is 1.43. The topological polar surface area (TPSA) is 152 Å². The first-order chi connectivity index (χ1) is 29.6. The van der Waals surface area contributed by atoms with Gasteiger partial charge < -0.3 is 28.8 Å². The van der Waals surface area contributed by atoms with Gasteiger partial charge in [0.2, 0.25) is 0 Å². The van der Waals surface area contributed by atoms with Crippen LogP contribution in [0.2, 0.25) is 0 Å². The van der Waals surface area contributed by atoms with E-state index in [1.54, 1.807) is 0 Å². The molecular formula is C51H94O11. The fourth-order valence-corrected chi connectivity index (χ4v) is 6.37. The average Bonchev–Trinajstić information content (AvgIpc) is 3.23. The number of aliphatic hydroxyl groups excluding tert-OH is 1. The lowest BCUT2D eigenvalue weighted by molar-refractivity contribution is -0.166. The van der Waals surface area contributed by atoms with Crippen molar-refractivity contribution in [2.45, 2.75) is 229 Å². The minimum atomic E-state index is -0.788. The summed E-state index contributed by atoms with van der Waals surface area (Å²) in [6, 6.07) is 0. The van der Waals surface area contributed by atoms with Gasteiger partial charge in [0.1, 0.15) is 19.8 Å². The van der Waals surface area contributed by atoms with Gasteiger partial charge in [-0.2, -0.15) is 0 Å². The zero-order valence-electron chi connectivity index (χ0n) is 41.3. The molecule has 0 radical (unpaired) electrons. The maximum atomic E-state index is 12.4. The van der Waals surface area contributed by atoms with Crippen molar-refractivity contribution in [3.05, 3.63) is 12.2 Å². The number of hydrogen-bond donors (Lipinski definition) is 1. The summed E-state index contributed by atoms with van der Waals surface area (Å²) in [5.41, 5.74) is 0. The predicted octanol–water partition coefficient (Wildman–Crippen LogP) is 12.2. The van der Waals surface area contributed by atoms with Crippen LogP contribution in [0.25, 0.3) is 0 Å². The van der Waals surface area contributed by atoms with E-state index in [1.165, 1.54) is 6.42 Å². The van der Waals surface area contributed by atoms with Gasteiger partial charge in [0.05, 0.1) is 13.0 Å². The Hall–Kier alpha value is -2.95. The Labute approximate surface area is 378 Å². The van der Waals surface area contributed by atoms with E-state index in [-0.39, 0.29) is 62.7 Å². The molecule has 0 rings (SSSR count). The second-order valence-corrected chi connectivity index (χ2v) is 18.4. The monoisotopic (exact) mass is 883 g/mol. The first kappa shape index (κ1) is 61.1. The Balaban J connectivity index is 0. The van der Waals surface area contributed by atoms with Gasteiger partial charge in [0.25, 0.3) is 0 Å². The molecule has 0 saturated heterocycles. The summed E-state index contributed by atoms with van der Waals surface area (Å²) >= 11 is 0. The van der Waals surface area contributed by atoms with E-state index in [0.29, 0.717) is 55.3 Å². The maximum absolute atomic E-state index is 12.4. The van der Waals surface area contributed by atoms with Gasteiger partial charge in [-0.25, -0.2) is 0 Å². The van der Waals surface area contributed by atoms with Crippen molar-refractivity contribution >= 4 is 29.8 Å². The van der Waals surface area contributed by atoms with Crippen molar-refractivity contribution in [3.8, 4) is 0 Å². The highest BCUT2D eigenvalue weighted by Gasteiger charge is 2.20. The van der Waals surface area contributed by atoms with Crippen LogP contribution in [0.15, 0.2) is 12.2 Å². The van der Waals surface area contributed by atoms with Crippen LogP contribution >= 0.6 is 0 Å². The minimum Gasteiger partial charge on any atom is -0.462 e. The number of unbranched alkanes of at least 4 members (excludes halogenated alkanes) is 6. The number of esters is 5. The lowest BCUT2D eigenvalue weighted by Crippen LogP contribution is -2.30. The summed E-state index contributed by atoms with van der Waals surface area (Å²) < 4.78 is 26.5. The molecule has 11 heteroatoms. The van der Waals surface area contributed by atoms with E-state index < -0.39 is 12.2 Å². The third-order valence-corrected chi connectivity index (χ3v) is 11.0. The number of carbonyl (C=O) groups is 5. The van der Waals surface area contributed by atoms with Crippen molar-refractivity contribution in [1.82, 2.24) is 0 Å². The Morgan fingerprint density at radius 1 is 0.468 bits per heavy atom. The highest BCUT2D eigenvalue weighted by atomic mass is 16.6. The smallest absolute Gasteiger partial charge is 0.309 e. The highest BCUT2D eigenvalue weighted by Crippen LogP contribution is 2.16. The van der Waals surface area contributed by atoms with Crippen LogP contribution in [-0.4, -0.2) is 73.6 Å². The number of ether oxygens (including phenoxy) is 5. The van der Waals surface area contributed by atoms with E-state index in [0.717, 1.165) is 109 Å². The molecule has 62 heavy (non-hydrogen) atoms. The summed E-state index contributed by atoms with van der Waals surface area (Å²) in [6.45, 7) is 21.1. The fraction of sp³-hybridized carbons (Fsp3) is 0.863. The zero-order valence-corrected chi connectivity index (χ0v) is 41.3. The van der Waals surface area contributed by atoms with Crippen LogP contribution in [-0.2, 0) is 47.7 Å². The van der Waals surface area contributed by atoms with Gasteiger partial charge in [-0.05, 0) is 61.7 Å². The largest absolute Gasteiger partial charge is 0.462 e. The molecule has 364 valence electrons. The molecule has 0 spiro atoms. The van der Waals surface area contributed by atoms with Crippen LogP contribution in [0.4, 0.5) is 0 Å². The normalized spacial score (nSPS) is 13.8. The molecule has 0 fully saturated rings. The molecule has 0 aromatic rings. The second kappa shape index (κ2) is 42.0. The third kappa shape index (κ3) is 42.4. The summed E-state index contributed by atoms with van der Waals surface area (Å²) in [5, 5.41) is 9.29. The van der Waals surface area contributed by atoms with Gasteiger partial charge >= 0.3 is 29.8 Å². The van der Waals surface area contributed by atoms with Crippen molar-refractivity contribution in [3.63, 3.8) is 0 Å². The minimum absolute atomic E-state index is 0.0695. The van der Waals surface area contributed by atoms with Gasteiger partial charge in [0.15, 0.2) is 12.2 Å². The molecule has 0 aliphatic carbocycles. The van der Waals surface area contributed by atoms with Crippen molar-refractivity contribution in [2.75, 3.05) is 26.4 Å². The van der Waals surface area contributed by atoms with Crippen LogP contribution in [0.5, 0.6) is 0 Å². The molecule has 0 saturated carbocycles. The number of carbonyl (C=O) groups excluding carboxylic acids is 5. The summed E-state index contributed by atoms with van der Waals surface area (Å²) in [6.07, 6.45) is 22.1. The SMILES string of the molecule is CCC(C)CCCCC(=O)OC(CO)COC(=O)CCCCCC(C)C.CCCC(C)/C=C/CC(=O)OCC(COC(=O)CCCCCC(C)C)OC(=O)CCCCC(C)CC. The van der Waals surface area contributed by atoms with E-state index in [1.807, 2.05) is 12.2 Å². The van der Waals surface area contributed by atoms with Gasteiger partial charge in [-0.3, -0.25) is 24.0 Å². The molecular weight excluding hydrogens is 789 g/mol. The number of aliphatic hydroxyl groups is 1. The second-order valence-electron chi connectivity index (χ2n) is 18.4. The lowest BCUT2D eigenvalue weighted by Gasteiger charge is -2.18. The van der Waals surface area contributed by atoms with Crippen LogP contribution in [0.3, 0.4) is 0 Å². The molecule has 11 nitrogen and oxygen atoms in total. The van der Waals surface area contributed by atoms with E-state index in [9.17, 15) is 29.1 Å². The third-order valence-electron chi connectivity index (χ3n) is 11.0. The molecule has 0 aromatic carbocycles. The van der Waals surface area contributed by atoms with Crippen molar-refractivity contribution < 1.29 is 52.8 Å². The summed E-state index contributed by atoms with van der Waals surface area (Å²) in [7, 11) is 0. The maximum Gasteiger partial charge on any atom is 0.309 e. The molecule has 0 bridgehead atoms. The Morgan fingerprint density at radius 2 is 0.855 bits per heavy atom. The Morgan fingerprint density at radius 3 is 1.27 bits per heavy atom. The van der Waals surface area contributed by atoms with Gasteiger partial charge in [-0.1, -0.05) is 165 Å². The van der Waals surface area contributed by atoms with Gasteiger partial charge in [0, 0.05) is 25.7 Å². The van der Waals surface area contributed by atoms with E-state index >= 15 is 0 Å². The lowest BCUT2D eigenvalue weighted by atomic mass is 10.0. The molecule has 0 aliphatic rings. The van der Waals surface area contributed by atoms with Crippen molar-refractivity contribution in [2.24, 2.45) is 29.6 Å². The fourth-order valence-electron chi connectivity index (χ4n) is 6.37. The van der Waals surface area contributed by atoms with Crippen molar-refractivity contribution in [1.29, 1.82) is 0 Å². The van der Waals surface area contributed by atoms with Crippen LogP contribution in [0.1, 0.15) is 217 Å². The van der Waals surface area contributed by atoms with E-state index in [4.69, 9.17) is 23.7 Å². The Kier molecular flexibility index (Phi) is 41.4. The molecule has 0 aromatic heterocycles. The summed E-state index contributed by atoms with van der Waals surface area (Å²) in [4.78, 5) is 60.1. The number of rotatable bonds is 38. The zero-order chi connectivity index (χ0) is 47.0. The quantitative estimate of drug-likeness (QED) is 0.0273. The number of allylic oxidation sites excluding steroid dienone is 1. The standard InChI is InChI=1S/C30H54O6.C21H40O5/c1-7-15-26(6)18-14-21-29(32)35-23-27(36-30(33)20-13-12-17-25(5)8-2)22-34-28(31)19-11-9-10-16-24(3)4;1-5-18(4)12-9-10-14-21(24)26-19(15-22)16-25-20(23)13-8-6-7-11-17(2)3/h14,18,24-27H,7-13,15-17,19-23H2,1-6H3;17-19,22H,5-16H2,1-4H3/b18-14+;. The molecule has 1 N–H and O–H groups in total. The van der Waals surface area contributed by atoms with Crippen LogP contribution in [0, 0.1) is 29.6 Å². The molecule has 5 atom stereocenters. The first-order valence-electron chi connectivity index (χ1n) is 24.7. The highest BCUT2D eigenvalue weighted by molar-refractivity contribution is 5.72. The van der Waals surface area contributed by atoms with E-state index in [2.05, 4.69) is 69.2 Å². The molecule has 0 heterocycles.